The van der Waals surface area contributed by atoms with Gasteiger partial charge in [0.25, 0.3) is 0 Å². The third-order valence-corrected chi connectivity index (χ3v) is 4.02. The van der Waals surface area contributed by atoms with E-state index >= 15 is 0 Å². The smallest absolute Gasteiger partial charge is 0.127 e. The Kier molecular flexibility index (Phi) is 5.80. The van der Waals surface area contributed by atoms with E-state index in [-0.39, 0.29) is 6.04 Å². The van der Waals surface area contributed by atoms with Gasteiger partial charge in [-0.2, -0.15) is 0 Å². The third kappa shape index (κ3) is 4.90. The second-order valence-corrected chi connectivity index (χ2v) is 6.09. The maximum absolute atomic E-state index is 5.86. The first-order valence-electron chi connectivity index (χ1n) is 8.66. The van der Waals surface area contributed by atoms with E-state index < -0.39 is 0 Å². The molecular weight excluding hydrogens is 312 g/mol. The predicted octanol–water partition coefficient (Wildman–Crippen LogP) is 4.24. The summed E-state index contributed by atoms with van der Waals surface area (Å²) in [7, 11) is 1.88. The predicted molar refractivity (Wildman–Crippen MR) is 98.4 cm³/mol. The third-order valence-electron chi connectivity index (χ3n) is 4.02. The summed E-state index contributed by atoms with van der Waals surface area (Å²) < 4.78 is 7.59. The Morgan fingerprint density at radius 3 is 2.40 bits per heavy atom. The van der Waals surface area contributed by atoms with E-state index in [9.17, 15) is 0 Å². The van der Waals surface area contributed by atoms with Gasteiger partial charge in [0.2, 0.25) is 0 Å². The molecule has 1 unspecified atom stereocenters. The van der Waals surface area contributed by atoms with Crippen LogP contribution in [0.5, 0.6) is 11.5 Å². The molecule has 0 fully saturated rings. The van der Waals surface area contributed by atoms with Gasteiger partial charge in [0.05, 0.1) is 5.69 Å². The summed E-state index contributed by atoms with van der Waals surface area (Å²) in [6.45, 7) is 2.91. The van der Waals surface area contributed by atoms with Gasteiger partial charge in [-0.3, -0.25) is 4.68 Å². The molecule has 5 nitrogen and oxygen atoms in total. The zero-order valence-corrected chi connectivity index (χ0v) is 14.7. The van der Waals surface area contributed by atoms with Gasteiger partial charge in [-0.15, -0.1) is 5.10 Å². The molecule has 1 N–H and O–H groups in total. The fourth-order valence-electron chi connectivity index (χ4n) is 2.77. The molecule has 0 radical (unpaired) electrons. The van der Waals surface area contributed by atoms with Crippen molar-refractivity contribution in [3.63, 3.8) is 0 Å². The van der Waals surface area contributed by atoms with E-state index in [1.807, 2.05) is 55.7 Å². The summed E-state index contributed by atoms with van der Waals surface area (Å²) in [6.07, 6.45) is 4.12. The van der Waals surface area contributed by atoms with Gasteiger partial charge in [-0.05, 0) is 36.2 Å². The quantitative estimate of drug-likeness (QED) is 0.668. The average Bonchev–Trinajstić information content (AvgIpc) is 3.06. The summed E-state index contributed by atoms with van der Waals surface area (Å²) in [4.78, 5) is 0. The van der Waals surface area contributed by atoms with Crippen LogP contribution in [0.2, 0.25) is 0 Å². The van der Waals surface area contributed by atoms with E-state index in [0.29, 0.717) is 6.54 Å². The molecule has 0 aliphatic rings. The second kappa shape index (κ2) is 8.44. The summed E-state index contributed by atoms with van der Waals surface area (Å²) in [5.41, 5.74) is 2.21. The van der Waals surface area contributed by atoms with E-state index in [0.717, 1.165) is 30.0 Å². The Balaban J connectivity index is 1.64. The van der Waals surface area contributed by atoms with Gasteiger partial charge >= 0.3 is 0 Å². The van der Waals surface area contributed by atoms with Crippen molar-refractivity contribution in [2.45, 2.75) is 32.4 Å². The van der Waals surface area contributed by atoms with Gasteiger partial charge in [-0.1, -0.05) is 48.9 Å². The van der Waals surface area contributed by atoms with Gasteiger partial charge in [0, 0.05) is 25.8 Å². The Morgan fingerprint density at radius 2 is 1.76 bits per heavy atom. The van der Waals surface area contributed by atoms with Crippen molar-refractivity contribution in [2.75, 3.05) is 0 Å². The number of aryl methyl sites for hydroxylation is 1. The van der Waals surface area contributed by atoms with Gasteiger partial charge in [-0.25, -0.2) is 0 Å². The Morgan fingerprint density at radius 1 is 1.04 bits per heavy atom. The van der Waals surface area contributed by atoms with Gasteiger partial charge < -0.3 is 10.1 Å². The molecule has 0 spiro atoms. The number of aromatic nitrogens is 3. The van der Waals surface area contributed by atoms with E-state index in [4.69, 9.17) is 4.74 Å². The van der Waals surface area contributed by atoms with Crippen LogP contribution in [-0.4, -0.2) is 15.0 Å². The Bertz CT molecular complexity index is 768. The summed E-state index contributed by atoms with van der Waals surface area (Å²) in [5, 5.41) is 11.7. The molecule has 1 heterocycles. The maximum Gasteiger partial charge on any atom is 0.127 e. The highest BCUT2D eigenvalue weighted by Crippen LogP contribution is 2.25. The van der Waals surface area contributed by atoms with Crippen LogP contribution in [0.15, 0.2) is 60.8 Å². The number of nitrogens with one attached hydrogen (secondary N) is 1. The lowest BCUT2D eigenvalue weighted by Gasteiger charge is -2.18. The SMILES string of the molecule is CCCC(NCc1cn(C)nn1)c1ccc(Oc2ccccc2)cc1. The van der Waals surface area contributed by atoms with Crippen LogP contribution in [0.1, 0.15) is 37.1 Å². The molecule has 1 atom stereocenters. The van der Waals surface area contributed by atoms with Crippen LogP contribution in [0.3, 0.4) is 0 Å². The highest BCUT2D eigenvalue weighted by Gasteiger charge is 2.11. The molecule has 25 heavy (non-hydrogen) atoms. The average molecular weight is 336 g/mol. The number of benzene rings is 2. The second-order valence-electron chi connectivity index (χ2n) is 6.09. The molecule has 130 valence electrons. The van der Waals surface area contributed by atoms with E-state index in [1.165, 1.54) is 5.56 Å². The zero-order chi connectivity index (χ0) is 17.5. The number of hydrogen-bond acceptors (Lipinski definition) is 4. The van der Waals surface area contributed by atoms with Crippen LogP contribution in [0, 0.1) is 0 Å². The first kappa shape index (κ1) is 17.2. The van der Waals surface area contributed by atoms with Crippen LogP contribution in [0.25, 0.3) is 0 Å². The lowest BCUT2D eigenvalue weighted by atomic mass is 10.0. The van der Waals surface area contributed by atoms with Crippen LogP contribution in [-0.2, 0) is 13.6 Å². The van der Waals surface area contributed by atoms with Crippen molar-refractivity contribution in [3.8, 4) is 11.5 Å². The summed E-state index contributed by atoms with van der Waals surface area (Å²) in [5.74, 6) is 1.69. The van der Waals surface area contributed by atoms with Gasteiger partial charge in [0.1, 0.15) is 11.5 Å². The molecule has 0 aliphatic carbocycles. The minimum absolute atomic E-state index is 0.290. The number of para-hydroxylation sites is 1. The topological polar surface area (TPSA) is 52.0 Å². The van der Waals surface area contributed by atoms with E-state index in [2.05, 4.69) is 34.7 Å². The number of nitrogens with zero attached hydrogens (tertiary/aromatic N) is 3. The molecule has 0 saturated carbocycles. The van der Waals surface area contributed by atoms with Crippen LogP contribution >= 0.6 is 0 Å². The highest BCUT2D eigenvalue weighted by molar-refractivity contribution is 5.34. The molecule has 0 saturated heterocycles. The number of rotatable bonds is 8. The highest BCUT2D eigenvalue weighted by atomic mass is 16.5. The standard InChI is InChI=1S/C20H24N4O/c1-3-7-20(21-14-17-15-24(2)23-22-17)16-10-12-19(13-11-16)25-18-8-5-4-6-9-18/h4-6,8-13,15,20-21H,3,7,14H2,1-2H3. The summed E-state index contributed by atoms with van der Waals surface area (Å²) in [6, 6.07) is 18.4. The molecule has 1 aromatic heterocycles. The molecule has 0 aliphatic heterocycles. The first-order chi connectivity index (χ1) is 12.2. The van der Waals surface area contributed by atoms with Crippen LogP contribution in [0.4, 0.5) is 0 Å². The summed E-state index contributed by atoms with van der Waals surface area (Å²) >= 11 is 0. The number of hydrogen-bond donors (Lipinski definition) is 1. The van der Waals surface area contributed by atoms with Crippen molar-refractivity contribution in [1.29, 1.82) is 0 Å². The minimum atomic E-state index is 0.290. The lowest BCUT2D eigenvalue weighted by molar-refractivity contribution is 0.476. The molecule has 0 bridgehead atoms. The fourth-order valence-corrected chi connectivity index (χ4v) is 2.77. The molecule has 5 heteroatoms. The van der Waals surface area contributed by atoms with Crippen LogP contribution < -0.4 is 10.1 Å². The maximum atomic E-state index is 5.86. The zero-order valence-electron chi connectivity index (χ0n) is 14.7. The first-order valence-corrected chi connectivity index (χ1v) is 8.66. The Hall–Kier alpha value is -2.66. The van der Waals surface area contributed by atoms with Crippen molar-refractivity contribution < 1.29 is 4.74 Å². The minimum Gasteiger partial charge on any atom is -0.457 e. The van der Waals surface area contributed by atoms with Crippen molar-refractivity contribution >= 4 is 0 Å². The van der Waals surface area contributed by atoms with Gasteiger partial charge in [0.15, 0.2) is 0 Å². The lowest BCUT2D eigenvalue weighted by Crippen LogP contribution is -2.21. The van der Waals surface area contributed by atoms with Crippen molar-refractivity contribution in [3.05, 3.63) is 72.1 Å². The fraction of sp³-hybridized carbons (Fsp3) is 0.300. The largest absolute Gasteiger partial charge is 0.457 e. The molecule has 2 aromatic carbocycles. The number of ether oxygens (including phenoxy) is 1. The molecule has 3 aromatic rings. The van der Waals surface area contributed by atoms with Crippen molar-refractivity contribution in [1.82, 2.24) is 20.3 Å². The van der Waals surface area contributed by atoms with Crippen molar-refractivity contribution in [2.24, 2.45) is 7.05 Å². The van der Waals surface area contributed by atoms with E-state index in [1.54, 1.807) is 4.68 Å². The monoisotopic (exact) mass is 336 g/mol. The Labute approximate surface area is 148 Å². The normalized spacial score (nSPS) is 12.1. The molecule has 0 amide bonds. The molecular formula is C20H24N4O. The molecule has 3 rings (SSSR count).